The van der Waals surface area contributed by atoms with Crippen LogP contribution in [0.15, 0.2) is 0 Å². The summed E-state index contributed by atoms with van der Waals surface area (Å²) in [4.78, 5) is 17.5. The highest BCUT2D eigenvalue weighted by Crippen LogP contribution is 2.40. The van der Waals surface area contributed by atoms with Crippen molar-refractivity contribution in [2.24, 2.45) is 5.92 Å². The van der Waals surface area contributed by atoms with E-state index >= 15 is 0 Å². The van der Waals surface area contributed by atoms with Gasteiger partial charge in [0.1, 0.15) is 5.54 Å². The van der Waals surface area contributed by atoms with Gasteiger partial charge in [-0.25, -0.2) is 0 Å². The molecule has 1 N–H and O–H groups in total. The zero-order valence-electron chi connectivity index (χ0n) is 60.9. The number of carboxylic acids is 1. The summed E-state index contributed by atoms with van der Waals surface area (Å²) in [6.45, 7) is 13.6. The minimum Gasteiger partial charge on any atom is -0.480 e. The molecule has 1 atom stereocenters. The van der Waals surface area contributed by atoms with E-state index in [0.717, 1.165) is 38.8 Å². The van der Waals surface area contributed by atoms with E-state index in [1.54, 1.807) is 0 Å². The Balaban J connectivity index is 6.22. The average molecular weight is 1210 g/mol. The minimum atomic E-state index is -0.725. The molecule has 0 radical (unpaired) electrons. The van der Waals surface area contributed by atoms with Crippen LogP contribution >= 0.6 is 0 Å². The van der Waals surface area contributed by atoms with Crippen molar-refractivity contribution in [2.75, 3.05) is 13.1 Å². The molecule has 0 bridgehead atoms. The van der Waals surface area contributed by atoms with Gasteiger partial charge >= 0.3 is 5.97 Å². The summed E-state index contributed by atoms with van der Waals surface area (Å²) in [6, 6.07) is 0. The number of hydrogen-bond acceptors (Lipinski definition) is 2. The van der Waals surface area contributed by atoms with Crippen LogP contribution in [-0.2, 0) is 4.79 Å². The standard InChI is InChI=1S/C83H167NO2/c1-6-11-16-21-26-31-36-41-46-51-56-61-66-71-76-81(77-72-67-62-57-52-47-42-37-32-27-22-17-12-7-2)83(82(85)86,78-73-68-63-58-53-48-43-38-33-28-23-18-13-8-3)84(79-74-69-64-59-54-49-44-39-34-29-24-19-14-9-4)80-75-70-65-60-55-50-45-40-35-30-25-20-15-10-5/h81H,6-80H2,1-5H3,(H,85,86). The van der Waals surface area contributed by atoms with Crippen molar-refractivity contribution in [1.82, 2.24) is 4.90 Å². The average Bonchev–Trinajstić information content (AvgIpc) is 3.23. The van der Waals surface area contributed by atoms with Gasteiger partial charge in [0, 0.05) is 0 Å². The van der Waals surface area contributed by atoms with Crippen molar-refractivity contribution >= 4 is 5.97 Å². The fraction of sp³-hybridized carbons (Fsp3) is 0.988. The van der Waals surface area contributed by atoms with Crippen LogP contribution in [0.4, 0.5) is 0 Å². The summed E-state index contributed by atoms with van der Waals surface area (Å²) >= 11 is 0. The van der Waals surface area contributed by atoms with Crippen molar-refractivity contribution in [3.05, 3.63) is 0 Å². The van der Waals surface area contributed by atoms with Gasteiger partial charge in [0.2, 0.25) is 0 Å². The van der Waals surface area contributed by atoms with Crippen LogP contribution in [0, 0.1) is 5.92 Å². The van der Waals surface area contributed by atoms with E-state index in [2.05, 4.69) is 39.5 Å². The molecule has 0 saturated carbocycles. The topological polar surface area (TPSA) is 40.5 Å². The van der Waals surface area contributed by atoms with E-state index < -0.39 is 11.5 Å². The van der Waals surface area contributed by atoms with Crippen molar-refractivity contribution in [3.63, 3.8) is 0 Å². The molecule has 0 amide bonds. The Morgan fingerprint density at radius 3 is 0.558 bits per heavy atom. The van der Waals surface area contributed by atoms with Gasteiger partial charge < -0.3 is 5.11 Å². The number of carbonyl (C=O) groups is 1. The molecular formula is C83H167NO2. The Morgan fingerprint density at radius 1 is 0.233 bits per heavy atom. The molecule has 0 aliphatic carbocycles. The molecule has 0 heterocycles. The monoisotopic (exact) mass is 1210 g/mol. The lowest BCUT2D eigenvalue weighted by Gasteiger charge is -2.47. The zero-order chi connectivity index (χ0) is 62.3. The van der Waals surface area contributed by atoms with Gasteiger partial charge in [-0.05, 0) is 51.1 Å². The van der Waals surface area contributed by atoms with Gasteiger partial charge in [0.15, 0.2) is 0 Å². The highest BCUT2D eigenvalue weighted by Gasteiger charge is 2.49. The van der Waals surface area contributed by atoms with Crippen LogP contribution in [0.3, 0.4) is 0 Å². The molecule has 0 aromatic heterocycles. The number of rotatable bonds is 78. The van der Waals surface area contributed by atoms with E-state index in [0.29, 0.717) is 0 Å². The molecular weight excluding hydrogens is 1040 g/mol. The van der Waals surface area contributed by atoms with Crippen LogP contribution in [0.1, 0.15) is 503 Å². The molecule has 0 aliphatic heterocycles. The third-order valence-corrected chi connectivity index (χ3v) is 20.9. The number of aliphatic carboxylic acids is 1. The molecule has 3 heteroatoms. The maximum Gasteiger partial charge on any atom is 0.324 e. The second-order valence-corrected chi connectivity index (χ2v) is 29.2. The van der Waals surface area contributed by atoms with Gasteiger partial charge in [0.25, 0.3) is 0 Å². The third kappa shape index (κ3) is 58.5. The number of nitrogens with zero attached hydrogens (tertiary/aromatic N) is 1. The van der Waals surface area contributed by atoms with Crippen LogP contribution in [0.5, 0.6) is 0 Å². The van der Waals surface area contributed by atoms with Gasteiger partial charge in [-0.15, -0.1) is 0 Å². The van der Waals surface area contributed by atoms with Gasteiger partial charge in [-0.3, -0.25) is 9.69 Å². The summed E-state index contributed by atoms with van der Waals surface area (Å²) < 4.78 is 0. The molecule has 1 unspecified atom stereocenters. The number of hydrogen-bond donors (Lipinski definition) is 1. The van der Waals surface area contributed by atoms with Crippen LogP contribution in [0.25, 0.3) is 0 Å². The first-order valence-electron chi connectivity index (χ1n) is 41.5. The zero-order valence-corrected chi connectivity index (χ0v) is 60.9. The van der Waals surface area contributed by atoms with E-state index in [9.17, 15) is 9.90 Å². The van der Waals surface area contributed by atoms with E-state index in [-0.39, 0.29) is 5.92 Å². The summed E-state index contributed by atoms with van der Waals surface area (Å²) in [5, 5.41) is 12.2. The van der Waals surface area contributed by atoms with E-state index in [1.165, 1.54) is 443 Å². The van der Waals surface area contributed by atoms with Crippen molar-refractivity contribution in [1.29, 1.82) is 0 Å². The van der Waals surface area contributed by atoms with Gasteiger partial charge in [-0.2, -0.15) is 0 Å². The van der Waals surface area contributed by atoms with Crippen molar-refractivity contribution < 1.29 is 9.90 Å². The normalized spacial score (nSPS) is 12.6. The first-order valence-corrected chi connectivity index (χ1v) is 41.5. The number of unbranched alkanes of at least 4 members (excludes halogenated alkanes) is 65. The highest BCUT2D eigenvalue weighted by molar-refractivity contribution is 5.79. The second-order valence-electron chi connectivity index (χ2n) is 29.2. The van der Waals surface area contributed by atoms with Crippen molar-refractivity contribution in [2.45, 2.75) is 509 Å². The van der Waals surface area contributed by atoms with Crippen LogP contribution < -0.4 is 0 Å². The quantitative estimate of drug-likeness (QED) is 0.0617. The first-order chi connectivity index (χ1) is 42.5. The summed E-state index contributed by atoms with van der Waals surface area (Å²) in [5.41, 5.74) is -0.725. The van der Waals surface area contributed by atoms with Gasteiger partial charge in [0.05, 0.1) is 0 Å². The predicted molar refractivity (Wildman–Crippen MR) is 391 cm³/mol. The second kappa shape index (κ2) is 73.5. The maximum atomic E-state index is 14.8. The molecule has 0 fully saturated rings. The Labute approximate surface area is 545 Å². The molecule has 0 aromatic rings. The van der Waals surface area contributed by atoms with E-state index in [4.69, 9.17) is 0 Å². The SMILES string of the molecule is CCCCCCCCCCCCCCCCC(CCCCCCCCCCCCCCCC)C(CCCCCCCCCCCCCCCC)(C(=O)O)N(CCCCCCCCCCCCCCCC)CCCCCCCCCCCCCCCC. The number of carboxylic acid groups (broad SMARTS) is 1. The first kappa shape index (κ1) is 85.4. The van der Waals surface area contributed by atoms with Crippen LogP contribution in [0.2, 0.25) is 0 Å². The van der Waals surface area contributed by atoms with Crippen LogP contribution in [-0.4, -0.2) is 34.6 Å². The van der Waals surface area contributed by atoms with Crippen molar-refractivity contribution in [3.8, 4) is 0 Å². The minimum absolute atomic E-state index is 0.259. The Hall–Kier alpha value is -0.570. The fourth-order valence-corrected chi connectivity index (χ4v) is 14.9. The fourth-order valence-electron chi connectivity index (χ4n) is 14.9. The molecule has 86 heavy (non-hydrogen) atoms. The molecule has 0 aromatic carbocycles. The Morgan fingerprint density at radius 2 is 0.384 bits per heavy atom. The molecule has 516 valence electrons. The summed E-state index contributed by atoms with van der Waals surface area (Å²) in [7, 11) is 0. The molecule has 3 nitrogen and oxygen atoms in total. The molecule has 0 saturated heterocycles. The molecule has 0 spiro atoms. The van der Waals surface area contributed by atoms with Gasteiger partial charge in [-0.1, -0.05) is 471 Å². The highest BCUT2D eigenvalue weighted by atomic mass is 16.4. The lowest BCUT2D eigenvalue weighted by molar-refractivity contribution is -0.158. The van der Waals surface area contributed by atoms with E-state index in [1.807, 2.05) is 0 Å². The Kier molecular flexibility index (Phi) is 73.0. The lowest BCUT2D eigenvalue weighted by atomic mass is 9.72. The summed E-state index contributed by atoms with van der Waals surface area (Å²) in [5.74, 6) is -0.182. The maximum absolute atomic E-state index is 14.8. The third-order valence-electron chi connectivity index (χ3n) is 20.9. The molecule has 0 aliphatic rings. The smallest absolute Gasteiger partial charge is 0.324 e. The lowest BCUT2D eigenvalue weighted by Crippen LogP contribution is -2.60. The summed E-state index contributed by atoms with van der Waals surface area (Å²) in [6.07, 6.45) is 99.3. The Bertz CT molecular complexity index is 1100. The molecule has 0 rings (SSSR count). The predicted octanol–water partition coefficient (Wildman–Crippen LogP) is 30.3. The largest absolute Gasteiger partial charge is 0.480 e.